The van der Waals surface area contributed by atoms with Crippen LogP contribution in [-0.4, -0.2) is 30.1 Å². The molecule has 0 radical (unpaired) electrons. The van der Waals surface area contributed by atoms with Crippen molar-refractivity contribution in [3.8, 4) is 11.4 Å². The molecule has 0 saturated carbocycles. The highest BCUT2D eigenvalue weighted by Crippen LogP contribution is 2.19. The first-order valence-electron chi connectivity index (χ1n) is 4.09. The van der Waals surface area contributed by atoms with Gasteiger partial charge in [0.1, 0.15) is 23.2 Å². The van der Waals surface area contributed by atoms with Crippen LogP contribution < -0.4 is 0 Å². The van der Waals surface area contributed by atoms with Crippen LogP contribution in [0.25, 0.3) is 22.6 Å². The SMILES string of the molecule is c1nc(-c2cc[nH]n2)c2nc[nH]c2n1. The van der Waals surface area contributed by atoms with Crippen LogP contribution in [0.2, 0.25) is 0 Å². The van der Waals surface area contributed by atoms with Gasteiger partial charge >= 0.3 is 0 Å². The van der Waals surface area contributed by atoms with Crippen LogP contribution in [0.15, 0.2) is 24.9 Å². The maximum atomic E-state index is 4.15. The fraction of sp³-hybridized carbons (Fsp3) is 0. The largest absolute Gasteiger partial charge is 0.329 e. The molecule has 0 saturated heterocycles. The molecule has 0 amide bonds. The molecule has 0 aromatic carbocycles. The van der Waals surface area contributed by atoms with E-state index in [2.05, 4.69) is 30.1 Å². The predicted molar refractivity (Wildman–Crippen MR) is 49.3 cm³/mol. The maximum Gasteiger partial charge on any atom is 0.161 e. The van der Waals surface area contributed by atoms with Gasteiger partial charge in [-0.25, -0.2) is 15.0 Å². The van der Waals surface area contributed by atoms with Gasteiger partial charge in [-0.2, -0.15) is 5.10 Å². The summed E-state index contributed by atoms with van der Waals surface area (Å²) in [5, 5.41) is 6.78. The highest BCUT2D eigenvalue weighted by atomic mass is 15.1. The van der Waals surface area contributed by atoms with E-state index in [1.165, 1.54) is 6.33 Å². The maximum absolute atomic E-state index is 4.15. The summed E-state index contributed by atoms with van der Waals surface area (Å²) >= 11 is 0. The van der Waals surface area contributed by atoms with E-state index in [4.69, 9.17) is 0 Å². The number of H-pyrrole nitrogens is 2. The molecule has 3 rings (SSSR count). The zero-order valence-corrected chi connectivity index (χ0v) is 7.10. The van der Waals surface area contributed by atoms with Crippen LogP contribution >= 0.6 is 0 Å². The number of rotatable bonds is 1. The summed E-state index contributed by atoms with van der Waals surface area (Å²) in [5.74, 6) is 0. The summed E-state index contributed by atoms with van der Waals surface area (Å²) in [7, 11) is 0. The summed E-state index contributed by atoms with van der Waals surface area (Å²) < 4.78 is 0. The van der Waals surface area contributed by atoms with Crippen molar-refractivity contribution in [3.05, 3.63) is 24.9 Å². The quantitative estimate of drug-likeness (QED) is 0.587. The topological polar surface area (TPSA) is 83.1 Å². The van der Waals surface area contributed by atoms with E-state index in [1.807, 2.05) is 6.07 Å². The Bertz CT molecular complexity index is 552. The first kappa shape index (κ1) is 7.19. The van der Waals surface area contributed by atoms with E-state index in [1.54, 1.807) is 12.5 Å². The van der Waals surface area contributed by atoms with Crippen LogP contribution in [0.1, 0.15) is 0 Å². The van der Waals surface area contributed by atoms with Gasteiger partial charge in [0.25, 0.3) is 0 Å². The fourth-order valence-corrected chi connectivity index (χ4v) is 1.34. The second-order valence-electron chi connectivity index (χ2n) is 2.78. The molecule has 14 heavy (non-hydrogen) atoms. The standard InChI is InChI=1S/C8H6N6/c1-2-13-14-5(1)6-7-8(11-3-9-6)12-4-10-7/h1-4H,(H,13,14)(H,9,10,11,12). The molecule has 2 N–H and O–H groups in total. The third-order valence-corrected chi connectivity index (χ3v) is 1.96. The number of aromatic amines is 2. The van der Waals surface area contributed by atoms with Gasteiger partial charge in [0, 0.05) is 6.20 Å². The molecule has 0 bridgehead atoms. The minimum atomic E-state index is 0.720. The molecule has 0 spiro atoms. The van der Waals surface area contributed by atoms with Crippen LogP contribution in [0.3, 0.4) is 0 Å². The Morgan fingerprint density at radius 2 is 2.14 bits per heavy atom. The normalized spacial score (nSPS) is 10.9. The number of hydrogen-bond acceptors (Lipinski definition) is 4. The number of aromatic nitrogens is 6. The van der Waals surface area contributed by atoms with Gasteiger partial charge in [-0.15, -0.1) is 0 Å². The zero-order valence-electron chi connectivity index (χ0n) is 7.10. The van der Waals surface area contributed by atoms with Crippen molar-refractivity contribution in [2.45, 2.75) is 0 Å². The summed E-state index contributed by atoms with van der Waals surface area (Å²) in [6.45, 7) is 0. The molecule has 0 aliphatic heterocycles. The van der Waals surface area contributed by atoms with Gasteiger partial charge in [0.2, 0.25) is 0 Å². The van der Waals surface area contributed by atoms with Crippen molar-refractivity contribution in [3.63, 3.8) is 0 Å². The lowest BCUT2D eigenvalue weighted by Gasteiger charge is -1.94. The van der Waals surface area contributed by atoms with Gasteiger partial charge < -0.3 is 4.98 Å². The molecule has 3 aromatic heterocycles. The molecule has 0 atom stereocenters. The molecular formula is C8H6N6. The van der Waals surface area contributed by atoms with Gasteiger partial charge in [-0.05, 0) is 6.07 Å². The van der Waals surface area contributed by atoms with E-state index < -0.39 is 0 Å². The number of nitrogens with zero attached hydrogens (tertiary/aromatic N) is 4. The van der Waals surface area contributed by atoms with Crippen molar-refractivity contribution >= 4 is 11.2 Å². The van der Waals surface area contributed by atoms with Crippen molar-refractivity contribution in [1.29, 1.82) is 0 Å². The molecule has 0 fully saturated rings. The minimum Gasteiger partial charge on any atom is -0.329 e. The van der Waals surface area contributed by atoms with Crippen LogP contribution in [0.4, 0.5) is 0 Å². The van der Waals surface area contributed by atoms with Gasteiger partial charge in [0.05, 0.1) is 6.33 Å². The Morgan fingerprint density at radius 3 is 3.00 bits per heavy atom. The van der Waals surface area contributed by atoms with E-state index >= 15 is 0 Å². The second-order valence-corrected chi connectivity index (χ2v) is 2.78. The highest BCUT2D eigenvalue weighted by molar-refractivity contribution is 5.84. The monoisotopic (exact) mass is 186 g/mol. The van der Waals surface area contributed by atoms with E-state index in [9.17, 15) is 0 Å². The second kappa shape index (κ2) is 2.63. The lowest BCUT2D eigenvalue weighted by atomic mass is 10.3. The Hall–Kier alpha value is -2.24. The molecule has 68 valence electrons. The molecule has 0 aliphatic rings. The van der Waals surface area contributed by atoms with Gasteiger partial charge in [-0.3, -0.25) is 5.10 Å². The fourth-order valence-electron chi connectivity index (χ4n) is 1.34. The summed E-state index contributed by atoms with van der Waals surface area (Å²) in [5.41, 5.74) is 2.96. The number of fused-ring (bicyclic) bond motifs is 1. The molecule has 0 aliphatic carbocycles. The Labute approximate surface area is 78.4 Å². The highest BCUT2D eigenvalue weighted by Gasteiger charge is 2.09. The Kier molecular flexibility index (Phi) is 1.35. The Balaban J connectivity index is 2.36. The molecule has 3 heterocycles. The van der Waals surface area contributed by atoms with Crippen LogP contribution in [0, 0.1) is 0 Å². The van der Waals surface area contributed by atoms with E-state index in [0.717, 1.165) is 22.6 Å². The molecular weight excluding hydrogens is 180 g/mol. The summed E-state index contributed by atoms with van der Waals surface area (Å²) in [6, 6.07) is 1.84. The summed E-state index contributed by atoms with van der Waals surface area (Å²) in [4.78, 5) is 15.3. The number of imidazole rings is 1. The van der Waals surface area contributed by atoms with Gasteiger partial charge in [0.15, 0.2) is 5.65 Å². The van der Waals surface area contributed by atoms with Gasteiger partial charge in [-0.1, -0.05) is 0 Å². The molecule has 6 heteroatoms. The third kappa shape index (κ3) is 0.905. The van der Waals surface area contributed by atoms with Crippen LogP contribution in [-0.2, 0) is 0 Å². The first-order valence-corrected chi connectivity index (χ1v) is 4.09. The third-order valence-electron chi connectivity index (χ3n) is 1.96. The average molecular weight is 186 g/mol. The predicted octanol–water partition coefficient (Wildman–Crippen LogP) is 0.743. The van der Waals surface area contributed by atoms with E-state index in [0.29, 0.717) is 0 Å². The lowest BCUT2D eigenvalue weighted by Crippen LogP contribution is -1.88. The van der Waals surface area contributed by atoms with Crippen LogP contribution in [0.5, 0.6) is 0 Å². The minimum absolute atomic E-state index is 0.720. The average Bonchev–Trinajstić information content (AvgIpc) is 2.88. The van der Waals surface area contributed by atoms with Crippen molar-refractivity contribution < 1.29 is 0 Å². The molecule has 6 nitrogen and oxygen atoms in total. The zero-order chi connectivity index (χ0) is 9.38. The molecule has 3 aromatic rings. The number of hydrogen-bond donors (Lipinski definition) is 2. The Morgan fingerprint density at radius 1 is 1.14 bits per heavy atom. The smallest absolute Gasteiger partial charge is 0.161 e. The summed E-state index contributed by atoms with van der Waals surface area (Å²) in [6.07, 6.45) is 4.83. The number of nitrogens with one attached hydrogen (secondary N) is 2. The lowest BCUT2D eigenvalue weighted by molar-refractivity contribution is 1.08. The van der Waals surface area contributed by atoms with Crippen molar-refractivity contribution in [1.82, 2.24) is 30.1 Å². The van der Waals surface area contributed by atoms with Crippen molar-refractivity contribution in [2.75, 3.05) is 0 Å². The first-order chi connectivity index (χ1) is 6.95. The van der Waals surface area contributed by atoms with E-state index in [-0.39, 0.29) is 0 Å². The molecule has 0 unspecified atom stereocenters. The van der Waals surface area contributed by atoms with Crippen molar-refractivity contribution in [2.24, 2.45) is 0 Å².